The number of hydrogen-bond donors (Lipinski definition) is 1. The minimum absolute atomic E-state index is 0.0777. The van der Waals surface area contributed by atoms with Crippen LogP contribution in [0.1, 0.15) is 35.3 Å². The lowest BCUT2D eigenvalue weighted by Gasteiger charge is -2.32. The van der Waals surface area contributed by atoms with Gasteiger partial charge in [0.25, 0.3) is 15.9 Å². The number of hydrogen-bond acceptors (Lipinski definition) is 4. The van der Waals surface area contributed by atoms with Gasteiger partial charge in [-0.1, -0.05) is 24.3 Å². The van der Waals surface area contributed by atoms with Crippen LogP contribution in [0.25, 0.3) is 0 Å². The first-order valence-corrected chi connectivity index (χ1v) is 9.83. The molecule has 2 aromatic carbocycles. The monoisotopic (exact) mass is 358 g/mol. The lowest BCUT2D eigenvalue weighted by Crippen LogP contribution is -2.36. The van der Waals surface area contributed by atoms with E-state index in [1.807, 2.05) is 12.1 Å². The molecule has 6 heteroatoms. The average Bonchev–Trinajstić information content (AvgIpc) is 2.61. The van der Waals surface area contributed by atoms with Gasteiger partial charge in [0.2, 0.25) is 0 Å². The molecule has 0 unspecified atom stereocenters. The van der Waals surface area contributed by atoms with Crippen molar-refractivity contribution in [2.45, 2.75) is 37.8 Å². The summed E-state index contributed by atoms with van der Waals surface area (Å²) in [5, 5.41) is 0. The number of sulfonamides is 1. The van der Waals surface area contributed by atoms with E-state index in [-0.39, 0.29) is 4.90 Å². The molecule has 0 spiro atoms. The van der Waals surface area contributed by atoms with E-state index in [0.29, 0.717) is 11.6 Å². The molecule has 1 heterocycles. The molecule has 0 atom stereocenters. The fourth-order valence-electron chi connectivity index (χ4n) is 3.00. The summed E-state index contributed by atoms with van der Waals surface area (Å²) >= 11 is 0. The Morgan fingerprint density at radius 3 is 2.48 bits per heavy atom. The fourth-order valence-corrected chi connectivity index (χ4v) is 3.99. The highest BCUT2D eigenvalue weighted by molar-refractivity contribution is 7.90. The Morgan fingerprint density at radius 2 is 1.80 bits per heavy atom. The average molecular weight is 358 g/mol. The maximum absolute atomic E-state index is 12.4. The summed E-state index contributed by atoms with van der Waals surface area (Å²) < 4.78 is 26.7. The van der Waals surface area contributed by atoms with Crippen molar-refractivity contribution in [2.24, 2.45) is 0 Å². The summed E-state index contributed by atoms with van der Waals surface area (Å²) in [6.45, 7) is 6.14. The SMILES string of the molecule is CC(C)N1CCc2cc(C(=O)NS(=O)(=O)c3ccccc3)ccc2C1. The molecular weight excluding hydrogens is 336 g/mol. The molecular formula is C19H22N2O3S. The second-order valence-electron chi connectivity index (χ2n) is 6.55. The lowest BCUT2D eigenvalue weighted by atomic mass is 9.96. The van der Waals surface area contributed by atoms with Gasteiger partial charge < -0.3 is 0 Å². The topological polar surface area (TPSA) is 66.5 Å². The molecule has 0 aliphatic carbocycles. The predicted molar refractivity (Wildman–Crippen MR) is 96.8 cm³/mol. The molecule has 25 heavy (non-hydrogen) atoms. The number of carbonyl (C=O) groups excluding carboxylic acids is 1. The summed E-state index contributed by atoms with van der Waals surface area (Å²) in [5.74, 6) is -0.599. The molecule has 2 aromatic rings. The van der Waals surface area contributed by atoms with Crippen LogP contribution >= 0.6 is 0 Å². The number of carbonyl (C=O) groups is 1. The van der Waals surface area contributed by atoms with Crippen molar-refractivity contribution in [1.29, 1.82) is 0 Å². The molecule has 0 bridgehead atoms. The molecule has 0 saturated carbocycles. The largest absolute Gasteiger partial charge is 0.296 e. The Morgan fingerprint density at radius 1 is 1.08 bits per heavy atom. The Hall–Kier alpha value is -2.18. The third-order valence-corrected chi connectivity index (χ3v) is 5.87. The van der Waals surface area contributed by atoms with Crippen LogP contribution < -0.4 is 4.72 Å². The summed E-state index contributed by atoms with van der Waals surface area (Å²) in [4.78, 5) is 14.8. The molecule has 0 fully saturated rings. The first kappa shape index (κ1) is 17.6. The Labute approximate surface area is 148 Å². The third-order valence-electron chi connectivity index (χ3n) is 4.52. The predicted octanol–water partition coefficient (Wildman–Crippen LogP) is 2.57. The van der Waals surface area contributed by atoms with Crippen molar-refractivity contribution < 1.29 is 13.2 Å². The van der Waals surface area contributed by atoms with Crippen molar-refractivity contribution in [3.05, 3.63) is 65.2 Å². The van der Waals surface area contributed by atoms with E-state index >= 15 is 0 Å². The van der Waals surface area contributed by atoms with Crippen LogP contribution in [0.15, 0.2) is 53.4 Å². The summed E-state index contributed by atoms with van der Waals surface area (Å²) in [6.07, 6.45) is 0.861. The van der Waals surface area contributed by atoms with Crippen molar-refractivity contribution in [3.63, 3.8) is 0 Å². The Bertz CT molecular complexity index is 877. The smallest absolute Gasteiger partial charge is 0.265 e. The van der Waals surface area contributed by atoms with Gasteiger partial charge in [0.15, 0.2) is 0 Å². The van der Waals surface area contributed by atoms with Gasteiger partial charge in [0, 0.05) is 24.7 Å². The van der Waals surface area contributed by atoms with E-state index in [4.69, 9.17) is 0 Å². The van der Waals surface area contributed by atoms with E-state index < -0.39 is 15.9 Å². The highest BCUT2D eigenvalue weighted by Gasteiger charge is 2.22. The Kier molecular flexibility index (Phi) is 4.92. The number of nitrogens with zero attached hydrogens (tertiary/aromatic N) is 1. The first-order chi connectivity index (χ1) is 11.9. The van der Waals surface area contributed by atoms with Crippen molar-refractivity contribution in [1.82, 2.24) is 9.62 Å². The standard InChI is InChI=1S/C19H22N2O3S/c1-14(2)21-11-10-15-12-16(8-9-17(15)13-21)19(22)20-25(23,24)18-6-4-3-5-7-18/h3-9,12,14H,10-11,13H2,1-2H3,(H,20,22). The number of rotatable bonds is 4. The zero-order chi connectivity index (χ0) is 18.0. The van der Waals surface area contributed by atoms with Crippen LogP contribution in [0, 0.1) is 0 Å². The lowest BCUT2D eigenvalue weighted by molar-refractivity contribution is 0.0981. The van der Waals surface area contributed by atoms with E-state index in [1.165, 1.54) is 17.7 Å². The molecule has 5 nitrogen and oxygen atoms in total. The maximum Gasteiger partial charge on any atom is 0.265 e. The molecule has 1 aliphatic heterocycles. The van der Waals surface area contributed by atoms with Gasteiger partial charge in [-0.05, 0) is 55.7 Å². The van der Waals surface area contributed by atoms with Crippen LogP contribution in [-0.2, 0) is 23.0 Å². The molecule has 0 aromatic heterocycles. The number of amides is 1. The molecule has 3 rings (SSSR count). The summed E-state index contributed by atoms with van der Waals surface area (Å²) in [6, 6.07) is 13.8. The number of nitrogens with one attached hydrogen (secondary N) is 1. The minimum Gasteiger partial charge on any atom is -0.296 e. The first-order valence-electron chi connectivity index (χ1n) is 8.35. The van der Waals surface area contributed by atoms with Gasteiger partial charge in [-0.25, -0.2) is 13.1 Å². The van der Waals surface area contributed by atoms with Crippen molar-refractivity contribution >= 4 is 15.9 Å². The zero-order valence-corrected chi connectivity index (χ0v) is 15.2. The third kappa shape index (κ3) is 3.91. The zero-order valence-electron chi connectivity index (χ0n) is 14.4. The fraction of sp³-hybridized carbons (Fsp3) is 0.316. The second-order valence-corrected chi connectivity index (χ2v) is 8.23. The highest BCUT2D eigenvalue weighted by atomic mass is 32.2. The van der Waals surface area contributed by atoms with Crippen LogP contribution in [0.5, 0.6) is 0 Å². The van der Waals surface area contributed by atoms with E-state index in [9.17, 15) is 13.2 Å². The number of benzene rings is 2. The van der Waals surface area contributed by atoms with Crippen LogP contribution in [0.2, 0.25) is 0 Å². The van der Waals surface area contributed by atoms with Gasteiger partial charge in [0.05, 0.1) is 4.90 Å². The van der Waals surface area contributed by atoms with Crippen LogP contribution in [0.4, 0.5) is 0 Å². The summed E-state index contributed by atoms with van der Waals surface area (Å²) in [7, 11) is -3.86. The van der Waals surface area contributed by atoms with E-state index in [0.717, 1.165) is 25.1 Å². The molecule has 0 saturated heterocycles. The molecule has 1 N–H and O–H groups in total. The highest BCUT2D eigenvalue weighted by Crippen LogP contribution is 2.22. The van der Waals surface area contributed by atoms with Crippen molar-refractivity contribution in [2.75, 3.05) is 6.54 Å². The molecule has 1 amide bonds. The Balaban J connectivity index is 1.78. The van der Waals surface area contributed by atoms with E-state index in [1.54, 1.807) is 24.3 Å². The normalized spacial score (nSPS) is 15.0. The maximum atomic E-state index is 12.4. The van der Waals surface area contributed by atoms with Crippen molar-refractivity contribution in [3.8, 4) is 0 Å². The van der Waals surface area contributed by atoms with Crippen LogP contribution in [-0.4, -0.2) is 31.8 Å². The molecule has 1 aliphatic rings. The minimum atomic E-state index is -3.86. The second kappa shape index (κ2) is 6.98. The quantitative estimate of drug-likeness (QED) is 0.912. The van der Waals surface area contributed by atoms with E-state index in [2.05, 4.69) is 23.5 Å². The van der Waals surface area contributed by atoms with Gasteiger partial charge in [0.1, 0.15) is 0 Å². The summed E-state index contributed by atoms with van der Waals surface area (Å²) in [5.41, 5.74) is 2.68. The van der Waals surface area contributed by atoms with Gasteiger partial charge in [-0.2, -0.15) is 0 Å². The van der Waals surface area contributed by atoms with Gasteiger partial charge >= 0.3 is 0 Å². The number of fused-ring (bicyclic) bond motifs is 1. The molecule has 132 valence electrons. The van der Waals surface area contributed by atoms with Crippen LogP contribution in [0.3, 0.4) is 0 Å². The molecule has 0 radical (unpaired) electrons. The van der Waals surface area contributed by atoms with Gasteiger partial charge in [-0.3, -0.25) is 9.69 Å². The van der Waals surface area contributed by atoms with Gasteiger partial charge in [-0.15, -0.1) is 0 Å².